The van der Waals surface area contributed by atoms with E-state index in [2.05, 4.69) is 19.9 Å². The molecule has 0 aliphatic heterocycles. The van der Waals surface area contributed by atoms with Crippen LogP contribution in [0.4, 0.5) is 0 Å². The van der Waals surface area contributed by atoms with Gasteiger partial charge in [0.25, 0.3) is 0 Å². The first kappa shape index (κ1) is 24.7. The van der Waals surface area contributed by atoms with Crippen LogP contribution in [0.5, 0.6) is 17.2 Å². The normalized spacial score (nSPS) is 11.9. The van der Waals surface area contributed by atoms with Gasteiger partial charge < -0.3 is 15.3 Å². The Morgan fingerprint density at radius 1 is 0.500 bits per heavy atom. The van der Waals surface area contributed by atoms with Crippen molar-refractivity contribution in [1.29, 1.82) is 0 Å². The molecule has 34 heavy (non-hydrogen) atoms. The van der Waals surface area contributed by atoms with Crippen LogP contribution >= 0.6 is 0 Å². The molecule has 176 valence electrons. The summed E-state index contributed by atoms with van der Waals surface area (Å²) in [4.78, 5) is 15.6. The lowest BCUT2D eigenvalue weighted by atomic mass is 10.2. The third-order valence-electron chi connectivity index (χ3n) is 5.14. The van der Waals surface area contributed by atoms with E-state index >= 15 is 0 Å². The van der Waals surface area contributed by atoms with E-state index in [4.69, 9.17) is 0 Å². The van der Waals surface area contributed by atoms with Crippen molar-refractivity contribution in [3.05, 3.63) is 89.5 Å². The van der Waals surface area contributed by atoms with E-state index in [-0.39, 0.29) is 17.2 Å². The number of nitrogens with zero attached hydrogens (tertiary/aromatic N) is 4. The van der Waals surface area contributed by atoms with Crippen molar-refractivity contribution >= 4 is 18.6 Å². The Bertz CT molecular complexity index is 987. The molecule has 0 atom stereocenters. The number of rotatable bonds is 12. The van der Waals surface area contributed by atoms with Gasteiger partial charge in [-0.05, 0) is 36.4 Å². The molecule has 3 aromatic carbocycles. The lowest BCUT2D eigenvalue weighted by molar-refractivity contribution is 0.298. The minimum absolute atomic E-state index is 0.208. The van der Waals surface area contributed by atoms with Gasteiger partial charge in [0.15, 0.2) is 0 Å². The molecule has 0 amide bonds. The van der Waals surface area contributed by atoms with Crippen molar-refractivity contribution in [3.8, 4) is 17.2 Å². The van der Waals surface area contributed by atoms with Crippen molar-refractivity contribution in [2.45, 2.75) is 0 Å². The highest BCUT2D eigenvalue weighted by molar-refractivity contribution is 5.84. The second kappa shape index (κ2) is 13.5. The average molecular weight is 459 g/mol. The smallest absolute Gasteiger partial charge is 0.124 e. The summed E-state index contributed by atoms with van der Waals surface area (Å²) in [6.07, 6.45) is 5.04. The summed E-state index contributed by atoms with van der Waals surface area (Å²) in [5.74, 6) is 0.625. The van der Waals surface area contributed by atoms with Crippen LogP contribution in [0.25, 0.3) is 0 Å². The molecule has 0 aromatic heterocycles. The van der Waals surface area contributed by atoms with E-state index in [0.717, 1.165) is 0 Å². The molecule has 3 aromatic rings. The van der Waals surface area contributed by atoms with E-state index in [0.29, 0.717) is 56.0 Å². The SMILES string of the molecule is Oc1ccccc1C=NCCN(CCN=Cc1ccccc1O)CCN=Cc1ccccc1O. The molecular formula is C27H30N4O3. The molecule has 3 rings (SSSR count). The third-order valence-corrected chi connectivity index (χ3v) is 5.14. The highest BCUT2D eigenvalue weighted by Gasteiger charge is 2.04. The predicted octanol–water partition coefficient (Wildman–Crippen LogP) is 3.76. The molecule has 0 aliphatic rings. The fraction of sp³-hybridized carbons (Fsp3) is 0.222. The van der Waals surface area contributed by atoms with Crippen LogP contribution in [0.1, 0.15) is 16.7 Å². The monoisotopic (exact) mass is 458 g/mol. The van der Waals surface area contributed by atoms with Crippen LogP contribution in [0.3, 0.4) is 0 Å². The zero-order valence-electron chi connectivity index (χ0n) is 19.0. The van der Waals surface area contributed by atoms with Crippen molar-refractivity contribution in [2.75, 3.05) is 39.3 Å². The number of phenolic OH excluding ortho intramolecular Hbond substituents is 3. The number of hydrogen-bond donors (Lipinski definition) is 3. The molecule has 0 heterocycles. The Kier molecular flexibility index (Phi) is 9.83. The second-order valence-corrected chi connectivity index (χ2v) is 7.62. The lowest BCUT2D eigenvalue weighted by Crippen LogP contribution is -2.31. The number of phenols is 3. The van der Waals surface area contributed by atoms with Crippen LogP contribution in [-0.4, -0.2) is 78.1 Å². The van der Waals surface area contributed by atoms with E-state index in [1.807, 2.05) is 36.4 Å². The zero-order chi connectivity index (χ0) is 24.0. The summed E-state index contributed by atoms with van der Waals surface area (Å²) in [5, 5.41) is 29.6. The van der Waals surface area contributed by atoms with Gasteiger partial charge in [-0.2, -0.15) is 0 Å². The standard InChI is InChI=1S/C27H30N4O3/c32-25-10-4-1-7-22(25)19-28-13-16-31(17-14-29-20-23-8-2-5-11-26(23)33)18-15-30-21-24-9-3-6-12-27(24)34/h1-12,19-21,32-34H,13-18H2. The quantitative estimate of drug-likeness (QED) is 0.360. The van der Waals surface area contributed by atoms with Crippen molar-refractivity contribution in [1.82, 2.24) is 4.90 Å². The van der Waals surface area contributed by atoms with Gasteiger partial charge in [0.05, 0.1) is 19.6 Å². The molecule has 3 N–H and O–H groups in total. The first-order valence-corrected chi connectivity index (χ1v) is 11.2. The summed E-state index contributed by atoms with van der Waals surface area (Å²) in [7, 11) is 0. The Morgan fingerprint density at radius 2 is 0.794 bits per heavy atom. The summed E-state index contributed by atoms with van der Waals surface area (Å²) in [6.45, 7) is 3.84. The summed E-state index contributed by atoms with van der Waals surface area (Å²) >= 11 is 0. The average Bonchev–Trinajstić information content (AvgIpc) is 2.84. The van der Waals surface area contributed by atoms with E-state index < -0.39 is 0 Å². The Balaban J connectivity index is 1.54. The van der Waals surface area contributed by atoms with Gasteiger partial charge in [0.2, 0.25) is 0 Å². The van der Waals surface area contributed by atoms with Gasteiger partial charge >= 0.3 is 0 Å². The largest absolute Gasteiger partial charge is 0.507 e. The maximum Gasteiger partial charge on any atom is 0.124 e. The summed E-state index contributed by atoms with van der Waals surface area (Å²) in [5.41, 5.74) is 2.07. The van der Waals surface area contributed by atoms with E-state index in [9.17, 15) is 15.3 Å². The fourth-order valence-corrected chi connectivity index (χ4v) is 3.21. The number of hydrogen-bond acceptors (Lipinski definition) is 7. The third kappa shape index (κ3) is 8.18. The van der Waals surface area contributed by atoms with Crippen LogP contribution in [0, 0.1) is 0 Å². The second-order valence-electron chi connectivity index (χ2n) is 7.62. The predicted molar refractivity (Wildman–Crippen MR) is 138 cm³/mol. The number of aromatic hydroxyl groups is 3. The number of para-hydroxylation sites is 3. The molecule has 7 heteroatoms. The van der Waals surface area contributed by atoms with Crippen LogP contribution in [0.2, 0.25) is 0 Å². The molecule has 7 nitrogen and oxygen atoms in total. The molecule has 0 bridgehead atoms. The van der Waals surface area contributed by atoms with Crippen LogP contribution < -0.4 is 0 Å². The summed E-state index contributed by atoms with van der Waals surface area (Å²) in [6, 6.07) is 21.3. The van der Waals surface area contributed by atoms with Gasteiger partial charge in [-0.15, -0.1) is 0 Å². The molecule has 0 saturated heterocycles. The highest BCUT2D eigenvalue weighted by atomic mass is 16.3. The highest BCUT2D eigenvalue weighted by Crippen LogP contribution is 2.14. The van der Waals surface area contributed by atoms with Crippen LogP contribution in [0.15, 0.2) is 87.8 Å². The number of aliphatic imine (C=N–C) groups is 3. The van der Waals surface area contributed by atoms with Gasteiger partial charge in [-0.3, -0.25) is 19.9 Å². The van der Waals surface area contributed by atoms with E-state index in [1.54, 1.807) is 55.0 Å². The topological polar surface area (TPSA) is 101 Å². The molecule has 0 fully saturated rings. The maximum atomic E-state index is 9.86. The summed E-state index contributed by atoms with van der Waals surface area (Å²) < 4.78 is 0. The van der Waals surface area contributed by atoms with Gasteiger partial charge in [0.1, 0.15) is 17.2 Å². The fourth-order valence-electron chi connectivity index (χ4n) is 3.21. The minimum atomic E-state index is 0.208. The van der Waals surface area contributed by atoms with E-state index in [1.165, 1.54) is 0 Å². The number of benzene rings is 3. The first-order valence-electron chi connectivity index (χ1n) is 11.2. The maximum absolute atomic E-state index is 9.86. The van der Waals surface area contributed by atoms with Crippen LogP contribution in [-0.2, 0) is 0 Å². The molecule has 0 spiro atoms. The van der Waals surface area contributed by atoms with Crippen molar-refractivity contribution < 1.29 is 15.3 Å². The van der Waals surface area contributed by atoms with Gasteiger partial charge in [0, 0.05) is 55.0 Å². The Hall–Kier alpha value is -3.97. The zero-order valence-corrected chi connectivity index (χ0v) is 19.0. The molecule has 0 radical (unpaired) electrons. The molecule has 0 saturated carbocycles. The lowest BCUT2D eigenvalue weighted by Gasteiger charge is -2.19. The molecular weight excluding hydrogens is 428 g/mol. The molecule has 0 unspecified atom stereocenters. The minimum Gasteiger partial charge on any atom is -0.507 e. The van der Waals surface area contributed by atoms with Crippen molar-refractivity contribution in [3.63, 3.8) is 0 Å². The Morgan fingerprint density at radius 3 is 1.09 bits per heavy atom. The first-order chi connectivity index (χ1) is 16.6. The molecule has 0 aliphatic carbocycles. The van der Waals surface area contributed by atoms with Gasteiger partial charge in [-0.25, -0.2) is 0 Å². The Labute approximate surface area is 200 Å². The van der Waals surface area contributed by atoms with Gasteiger partial charge in [-0.1, -0.05) is 36.4 Å². The van der Waals surface area contributed by atoms with Crippen molar-refractivity contribution in [2.24, 2.45) is 15.0 Å².